The highest BCUT2D eigenvalue weighted by molar-refractivity contribution is 5.70. The Hall–Kier alpha value is -3.06. The molecular formula is C52H86O15. The maximum atomic E-state index is 13.0. The van der Waals surface area contributed by atoms with Crippen LogP contribution in [0.5, 0.6) is 0 Å². The summed E-state index contributed by atoms with van der Waals surface area (Å²) in [6.45, 7) is 2.37. The maximum Gasteiger partial charge on any atom is 0.306 e. The average molecular weight is 951 g/mol. The van der Waals surface area contributed by atoms with Gasteiger partial charge in [0.05, 0.1) is 19.8 Å². The standard InChI is InChI=1S/C52H86O15/c1-3-5-7-9-11-13-15-17-18-19-20-21-22-23-25-27-29-31-33-35-44(55)65-40(37-62-43(54)34-32-30-28-26-24-16-14-12-10-8-6-4-2)38-63-51-50(61)48(59)46(57)42(67-51)39-64-52-49(60)47(58)45(56)41(36-53)66-52/h5,7,11,13,17-18,20-21,23,25,29,31,40-42,45-53,56-61H,3-4,6,8-10,12,14-16,19,22,24,26-28,30,32-39H2,1-2H3/b7-5+,13-11+,18-17+,21-20+,25-23+,31-29+/t40-,41+,42+,45-,46-,47?,48?,49?,50?,51+,52+/m1/s1. The van der Waals surface area contributed by atoms with E-state index in [0.29, 0.717) is 19.3 Å². The van der Waals surface area contributed by atoms with E-state index in [1.807, 2.05) is 12.2 Å². The van der Waals surface area contributed by atoms with Crippen LogP contribution in [0, 0.1) is 0 Å². The molecule has 2 aliphatic heterocycles. The van der Waals surface area contributed by atoms with E-state index in [-0.39, 0.29) is 19.4 Å². The SMILES string of the molecule is CC/C=C/C/C=C/C/C=C/C/C=C/C/C=C/C/C=C/CCC(=O)O[C@H](COC(=O)CCCCCCCCCCCCCC)CO[C@H]1O[C@@H](CO[C@H]2O[C@@H](CO)[C@@H](O)C(O)C2O)[C@@H](O)C(O)C1O. The van der Waals surface area contributed by atoms with Gasteiger partial charge in [-0.15, -0.1) is 0 Å². The number of unbranched alkanes of at least 4 members (excludes halogenated alkanes) is 11. The van der Waals surface area contributed by atoms with Gasteiger partial charge in [-0.2, -0.15) is 0 Å². The number of carbonyl (C=O) groups is 2. The van der Waals surface area contributed by atoms with Crippen LogP contribution in [0.2, 0.25) is 0 Å². The maximum absolute atomic E-state index is 13.0. The summed E-state index contributed by atoms with van der Waals surface area (Å²) in [5.41, 5.74) is 0. The topological polar surface area (TPSA) is 231 Å². The van der Waals surface area contributed by atoms with Gasteiger partial charge in [0.2, 0.25) is 0 Å². The van der Waals surface area contributed by atoms with Crippen LogP contribution in [0.3, 0.4) is 0 Å². The summed E-state index contributed by atoms with van der Waals surface area (Å²) in [4.78, 5) is 25.7. The zero-order chi connectivity index (χ0) is 48.9. The molecule has 4 unspecified atom stereocenters. The molecule has 15 nitrogen and oxygen atoms in total. The number of rotatable bonds is 37. The molecule has 2 heterocycles. The molecular weight excluding hydrogens is 865 g/mol. The van der Waals surface area contributed by atoms with Crippen molar-refractivity contribution in [2.24, 2.45) is 0 Å². The third kappa shape index (κ3) is 27.1. The number of hydrogen-bond acceptors (Lipinski definition) is 15. The first-order valence-electron chi connectivity index (χ1n) is 25.0. The van der Waals surface area contributed by atoms with E-state index in [9.17, 15) is 45.3 Å². The minimum Gasteiger partial charge on any atom is -0.462 e. The smallest absolute Gasteiger partial charge is 0.306 e. The summed E-state index contributed by atoms with van der Waals surface area (Å²) in [5.74, 6) is -1.03. The Balaban J connectivity index is 1.86. The molecule has 0 bridgehead atoms. The lowest BCUT2D eigenvalue weighted by Gasteiger charge is -2.42. The summed E-state index contributed by atoms with van der Waals surface area (Å²) < 4.78 is 33.4. The van der Waals surface area contributed by atoms with Crippen molar-refractivity contribution in [2.45, 2.75) is 216 Å². The van der Waals surface area contributed by atoms with Gasteiger partial charge in [-0.3, -0.25) is 9.59 Å². The molecule has 0 aromatic heterocycles. The first-order valence-corrected chi connectivity index (χ1v) is 25.0. The second kappa shape index (κ2) is 38.8. The van der Waals surface area contributed by atoms with Crippen LogP contribution in [0.4, 0.5) is 0 Å². The lowest BCUT2D eigenvalue weighted by Crippen LogP contribution is -2.61. The van der Waals surface area contributed by atoms with E-state index >= 15 is 0 Å². The first-order chi connectivity index (χ1) is 32.5. The predicted molar refractivity (Wildman–Crippen MR) is 256 cm³/mol. The second-order valence-electron chi connectivity index (χ2n) is 17.3. The third-order valence-corrected chi connectivity index (χ3v) is 11.5. The van der Waals surface area contributed by atoms with Gasteiger partial charge in [-0.1, -0.05) is 157 Å². The lowest BCUT2D eigenvalue weighted by molar-refractivity contribution is -0.332. The fraction of sp³-hybridized carbons (Fsp3) is 0.731. The fourth-order valence-electron chi connectivity index (χ4n) is 7.36. The Bertz CT molecular complexity index is 1440. The Morgan fingerprint density at radius 3 is 1.45 bits per heavy atom. The third-order valence-electron chi connectivity index (χ3n) is 11.5. The van der Waals surface area contributed by atoms with Crippen LogP contribution in [-0.2, 0) is 38.0 Å². The molecule has 0 saturated carbocycles. The molecule has 0 spiro atoms. The quantitative estimate of drug-likeness (QED) is 0.0196. The van der Waals surface area contributed by atoms with Crippen molar-refractivity contribution in [3.05, 3.63) is 72.9 Å². The highest BCUT2D eigenvalue weighted by Gasteiger charge is 2.47. The van der Waals surface area contributed by atoms with Crippen LogP contribution in [0.1, 0.15) is 149 Å². The van der Waals surface area contributed by atoms with Crippen molar-refractivity contribution in [3.8, 4) is 0 Å². The minimum atomic E-state index is -1.78. The van der Waals surface area contributed by atoms with Crippen molar-refractivity contribution in [2.75, 3.05) is 26.4 Å². The number of hydrogen-bond donors (Lipinski definition) is 7. The van der Waals surface area contributed by atoms with Gasteiger partial charge in [0.15, 0.2) is 18.7 Å². The van der Waals surface area contributed by atoms with Crippen molar-refractivity contribution in [1.29, 1.82) is 0 Å². The van der Waals surface area contributed by atoms with E-state index in [4.69, 9.17) is 28.4 Å². The Labute approximate surface area is 400 Å². The van der Waals surface area contributed by atoms with E-state index in [2.05, 4.69) is 74.6 Å². The molecule has 67 heavy (non-hydrogen) atoms. The van der Waals surface area contributed by atoms with E-state index < -0.39 is 99.3 Å². The van der Waals surface area contributed by atoms with Crippen molar-refractivity contribution in [1.82, 2.24) is 0 Å². The second-order valence-corrected chi connectivity index (χ2v) is 17.3. The highest BCUT2D eigenvalue weighted by atomic mass is 16.7. The molecule has 0 amide bonds. The monoisotopic (exact) mass is 951 g/mol. The van der Waals surface area contributed by atoms with Crippen molar-refractivity contribution >= 4 is 11.9 Å². The average Bonchev–Trinajstić information content (AvgIpc) is 3.32. The van der Waals surface area contributed by atoms with Gasteiger partial charge in [0.25, 0.3) is 0 Å². The molecule has 0 aromatic carbocycles. The molecule has 2 saturated heterocycles. The van der Waals surface area contributed by atoms with Crippen LogP contribution in [-0.4, -0.2) is 142 Å². The Morgan fingerprint density at radius 2 is 0.940 bits per heavy atom. The number of carbonyl (C=O) groups excluding carboxylic acids is 2. The van der Waals surface area contributed by atoms with Crippen molar-refractivity contribution in [3.63, 3.8) is 0 Å². The van der Waals surface area contributed by atoms with Crippen LogP contribution in [0.25, 0.3) is 0 Å². The molecule has 2 fully saturated rings. The summed E-state index contributed by atoms with van der Waals surface area (Å²) in [7, 11) is 0. The van der Waals surface area contributed by atoms with E-state index in [1.54, 1.807) is 0 Å². The van der Waals surface area contributed by atoms with Crippen molar-refractivity contribution < 1.29 is 73.8 Å². The molecule has 2 rings (SSSR count). The lowest BCUT2D eigenvalue weighted by atomic mass is 9.98. The van der Waals surface area contributed by atoms with Gasteiger partial charge in [0.1, 0.15) is 55.4 Å². The van der Waals surface area contributed by atoms with E-state index in [1.165, 1.54) is 51.4 Å². The summed E-state index contributed by atoms with van der Waals surface area (Å²) in [6.07, 6.45) is 28.1. The normalized spacial score (nSPS) is 26.6. The first kappa shape index (κ1) is 60.1. The van der Waals surface area contributed by atoms with Crippen LogP contribution >= 0.6 is 0 Å². The van der Waals surface area contributed by atoms with E-state index in [0.717, 1.165) is 51.4 Å². The number of aliphatic hydroxyl groups excluding tert-OH is 7. The molecule has 15 heteroatoms. The summed E-state index contributed by atoms with van der Waals surface area (Å²) in [6, 6.07) is 0. The van der Waals surface area contributed by atoms with Gasteiger partial charge in [-0.05, 0) is 51.4 Å². The zero-order valence-corrected chi connectivity index (χ0v) is 40.4. The Kier molecular flexibility index (Phi) is 34.7. The number of aliphatic hydroxyl groups is 7. The van der Waals surface area contributed by atoms with Gasteiger partial charge in [0, 0.05) is 12.8 Å². The number of ether oxygens (including phenoxy) is 6. The van der Waals surface area contributed by atoms with Crippen LogP contribution < -0.4 is 0 Å². The number of allylic oxidation sites excluding steroid dienone is 12. The van der Waals surface area contributed by atoms with Gasteiger partial charge < -0.3 is 64.2 Å². The minimum absolute atomic E-state index is 0.0380. The molecule has 384 valence electrons. The van der Waals surface area contributed by atoms with Crippen LogP contribution in [0.15, 0.2) is 72.9 Å². The molecule has 2 aliphatic rings. The molecule has 11 atom stereocenters. The largest absolute Gasteiger partial charge is 0.462 e. The summed E-state index contributed by atoms with van der Waals surface area (Å²) in [5, 5.41) is 72.0. The molecule has 7 N–H and O–H groups in total. The highest BCUT2D eigenvalue weighted by Crippen LogP contribution is 2.26. The van der Waals surface area contributed by atoms with Gasteiger partial charge >= 0.3 is 11.9 Å². The Morgan fingerprint density at radius 1 is 0.493 bits per heavy atom. The number of esters is 2. The molecule has 0 radical (unpaired) electrons. The zero-order valence-electron chi connectivity index (χ0n) is 40.4. The summed E-state index contributed by atoms with van der Waals surface area (Å²) >= 11 is 0. The van der Waals surface area contributed by atoms with Gasteiger partial charge in [-0.25, -0.2) is 0 Å². The molecule has 0 aliphatic carbocycles. The molecule has 0 aromatic rings. The predicted octanol–water partition coefficient (Wildman–Crippen LogP) is 6.65. The fourth-order valence-corrected chi connectivity index (χ4v) is 7.36.